The number of aliphatic imine (C=N–C) groups is 1. The highest BCUT2D eigenvalue weighted by molar-refractivity contribution is 6.05. The fraction of sp³-hybridized carbons (Fsp3) is 0.333. The van der Waals surface area contributed by atoms with Gasteiger partial charge in [0.1, 0.15) is 6.04 Å². The quantitative estimate of drug-likeness (QED) is 0.648. The Labute approximate surface area is 94.2 Å². The van der Waals surface area contributed by atoms with Gasteiger partial charge in [-0.25, -0.2) is 0 Å². The molecule has 0 bridgehead atoms. The molecule has 2 aliphatic rings. The Morgan fingerprint density at radius 3 is 3.00 bits per heavy atom. The number of fused-ring (bicyclic) bond motifs is 3. The highest BCUT2D eigenvalue weighted by atomic mass is 16.2. The van der Waals surface area contributed by atoms with Gasteiger partial charge in [-0.15, -0.1) is 0 Å². The van der Waals surface area contributed by atoms with Crippen molar-refractivity contribution in [2.45, 2.75) is 6.04 Å². The van der Waals surface area contributed by atoms with Crippen molar-refractivity contribution in [2.24, 2.45) is 4.99 Å². The Kier molecular flexibility index (Phi) is 1.96. The van der Waals surface area contributed by atoms with Crippen LogP contribution in [0, 0.1) is 0 Å². The molecular weight excluding hydrogens is 202 g/mol. The fourth-order valence-electron chi connectivity index (χ4n) is 2.25. The van der Waals surface area contributed by atoms with Gasteiger partial charge < -0.3 is 9.80 Å². The van der Waals surface area contributed by atoms with Crippen molar-refractivity contribution in [2.75, 3.05) is 25.0 Å². The van der Waals surface area contributed by atoms with E-state index in [1.165, 1.54) is 0 Å². The Morgan fingerprint density at radius 1 is 1.31 bits per heavy atom. The second kappa shape index (κ2) is 3.33. The normalized spacial score (nSPS) is 23.1. The average Bonchev–Trinajstić information content (AvgIpc) is 2.33. The molecule has 1 aromatic rings. The van der Waals surface area contributed by atoms with E-state index in [1.54, 1.807) is 11.1 Å². The third kappa shape index (κ3) is 1.23. The zero-order chi connectivity index (χ0) is 11.1. The second-order valence-corrected chi connectivity index (χ2v) is 4.16. The van der Waals surface area contributed by atoms with Crippen molar-refractivity contribution >= 4 is 23.5 Å². The van der Waals surface area contributed by atoms with Crippen LogP contribution in [-0.4, -0.2) is 43.2 Å². The third-order valence-electron chi connectivity index (χ3n) is 3.19. The van der Waals surface area contributed by atoms with Gasteiger partial charge in [-0.1, -0.05) is 12.1 Å². The third-order valence-corrected chi connectivity index (χ3v) is 3.19. The summed E-state index contributed by atoms with van der Waals surface area (Å²) in [4.78, 5) is 20.2. The molecule has 0 N–H and O–H groups in total. The summed E-state index contributed by atoms with van der Waals surface area (Å²) in [5.41, 5.74) is 2.02. The topological polar surface area (TPSA) is 35.9 Å². The molecule has 1 atom stereocenters. The van der Waals surface area contributed by atoms with Gasteiger partial charge in [0.25, 0.3) is 5.91 Å². The maximum atomic E-state index is 12.0. The first-order valence-electron chi connectivity index (χ1n) is 5.42. The molecule has 4 nitrogen and oxygen atoms in total. The zero-order valence-electron chi connectivity index (χ0n) is 9.13. The molecule has 0 spiro atoms. The summed E-state index contributed by atoms with van der Waals surface area (Å²) in [5, 5.41) is 0. The molecule has 3 rings (SSSR count). The molecule has 0 saturated carbocycles. The maximum Gasteiger partial charge on any atom is 0.250 e. The molecule has 2 aliphatic heterocycles. The molecule has 0 aliphatic carbocycles. The van der Waals surface area contributed by atoms with Crippen molar-refractivity contribution in [3.63, 3.8) is 0 Å². The van der Waals surface area contributed by atoms with Crippen LogP contribution in [0.25, 0.3) is 0 Å². The number of anilines is 1. The Balaban J connectivity index is 2.05. The van der Waals surface area contributed by atoms with Crippen LogP contribution in [0.2, 0.25) is 0 Å². The maximum absolute atomic E-state index is 12.0. The van der Waals surface area contributed by atoms with Gasteiger partial charge in [-0.3, -0.25) is 9.79 Å². The van der Waals surface area contributed by atoms with Gasteiger partial charge in [0.2, 0.25) is 0 Å². The Morgan fingerprint density at radius 2 is 2.12 bits per heavy atom. The average molecular weight is 215 g/mol. The standard InChI is InChI=1S/C12H13N3O/c1-14-6-7-15-10-5-3-2-4-9(10)13-8-11(15)12(14)16/h2-5,8,11H,6-7H2,1H3. The van der Waals surface area contributed by atoms with Gasteiger partial charge in [0, 0.05) is 26.4 Å². The number of piperazine rings is 1. The number of likely N-dealkylation sites (N-methyl/N-ethyl adjacent to an activating group) is 1. The van der Waals surface area contributed by atoms with Gasteiger partial charge >= 0.3 is 0 Å². The molecule has 1 amide bonds. The van der Waals surface area contributed by atoms with Gasteiger partial charge in [0.05, 0.1) is 11.4 Å². The molecule has 1 aromatic carbocycles. The van der Waals surface area contributed by atoms with Crippen molar-refractivity contribution in [1.29, 1.82) is 0 Å². The number of hydrogen-bond donors (Lipinski definition) is 0. The zero-order valence-corrected chi connectivity index (χ0v) is 9.13. The highest BCUT2D eigenvalue weighted by Gasteiger charge is 2.34. The van der Waals surface area contributed by atoms with Crippen LogP contribution in [0.5, 0.6) is 0 Å². The van der Waals surface area contributed by atoms with Crippen molar-refractivity contribution < 1.29 is 4.79 Å². The van der Waals surface area contributed by atoms with E-state index < -0.39 is 0 Å². The number of carbonyl (C=O) groups excluding carboxylic acids is 1. The fourth-order valence-corrected chi connectivity index (χ4v) is 2.25. The van der Waals surface area contributed by atoms with Crippen molar-refractivity contribution in [3.05, 3.63) is 24.3 Å². The van der Waals surface area contributed by atoms with Crippen LogP contribution < -0.4 is 4.90 Å². The molecule has 0 radical (unpaired) electrons. The number of para-hydroxylation sites is 2. The van der Waals surface area contributed by atoms with E-state index in [2.05, 4.69) is 9.89 Å². The lowest BCUT2D eigenvalue weighted by Gasteiger charge is -2.40. The van der Waals surface area contributed by atoms with Crippen molar-refractivity contribution in [3.8, 4) is 0 Å². The number of benzene rings is 1. The molecule has 16 heavy (non-hydrogen) atoms. The summed E-state index contributed by atoms with van der Waals surface area (Å²) in [7, 11) is 1.84. The largest absolute Gasteiger partial charge is 0.352 e. The number of rotatable bonds is 0. The summed E-state index contributed by atoms with van der Waals surface area (Å²) >= 11 is 0. The molecule has 1 saturated heterocycles. The number of nitrogens with zero attached hydrogens (tertiary/aromatic N) is 3. The molecular formula is C12H13N3O. The van der Waals surface area contributed by atoms with E-state index in [0.29, 0.717) is 0 Å². The minimum Gasteiger partial charge on any atom is -0.352 e. The number of hydrogen-bond acceptors (Lipinski definition) is 3. The molecule has 1 unspecified atom stereocenters. The second-order valence-electron chi connectivity index (χ2n) is 4.16. The minimum atomic E-state index is -0.214. The first kappa shape index (κ1) is 9.39. The SMILES string of the molecule is CN1CCN2c3ccccc3N=CC2C1=O. The first-order chi connectivity index (χ1) is 7.77. The van der Waals surface area contributed by atoms with Gasteiger partial charge in [-0.05, 0) is 12.1 Å². The molecule has 82 valence electrons. The van der Waals surface area contributed by atoms with Crippen LogP contribution in [0.3, 0.4) is 0 Å². The molecule has 4 heteroatoms. The van der Waals surface area contributed by atoms with Crippen LogP contribution in [-0.2, 0) is 4.79 Å². The van der Waals surface area contributed by atoms with Crippen LogP contribution >= 0.6 is 0 Å². The summed E-state index contributed by atoms with van der Waals surface area (Å²) in [6.07, 6.45) is 1.75. The van der Waals surface area contributed by atoms with Crippen molar-refractivity contribution in [1.82, 2.24) is 4.90 Å². The number of carbonyl (C=O) groups is 1. The lowest BCUT2D eigenvalue weighted by Crippen LogP contribution is -2.57. The Bertz CT molecular complexity index is 469. The summed E-state index contributed by atoms with van der Waals surface area (Å²) in [5.74, 6) is 0.129. The van der Waals surface area contributed by atoms with Crippen LogP contribution in [0.15, 0.2) is 29.3 Å². The van der Waals surface area contributed by atoms with E-state index in [4.69, 9.17) is 0 Å². The van der Waals surface area contributed by atoms with Crippen LogP contribution in [0.4, 0.5) is 11.4 Å². The summed E-state index contributed by atoms with van der Waals surface area (Å²) < 4.78 is 0. The predicted molar refractivity (Wildman–Crippen MR) is 63.4 cm³/mol. The molecule has 1 fully saturated rings. The van der Waals surface area contributed by atoms with E-state index >= 15 is 0 Å². The van der Waals surface area contributed by atoms with Crippen LogP contribution in [0.1, 0.15) is 0 Å². The van der Waals surface area contributed by atoms with Gasteiger partial charge in [0.15, 0.2) is 0 Å². The first-order valence-corrected chi connectivity index (χ1v) is 5.42. The monoisotopic (exact) mass is 215 g/mol. The summed E-state index contributed by atoms with van der Waals surface area (Å²) in [6.45, 7) is 1.65. The van der Waals surface area contributed by atoms with E-state index in [0.717, 1.165) is 24.5 Å². The molecule has 0 aromatic heterocycles. The number of amides is 1. The highest BCUT2D eigenvalue weighted by Crippen LogP contribution is 2.33. The lowest BCUT2D eigenvalue weighted by atomic mass is 10.1. The lowest BCUT2D eigenvalue weighted by molar-refractivity contribution is -0.131. The minimum absolute atomic E-state index is 0.129. The van der Waals surface area contributed by atoms with E-state index in [1.807, 2.05) is 31.3 Å². The smallest absolute Gasteiger partial charge is 0.250 e. The summed E-state index contributed by atoms with van der Waals surface area (Å²) in [6, 6.07) is 7.74. The van der Waals surface area contributed by atoms with E-state index in [-0.39, 0.29) is 11.9 Å². The Hall–Kier alpha value is -1.84. The molecule has 2 heterocycles. The van der Waals surface area contributed by atoms with Gasteiger partial charge in [-0.2, -0.15) is 0 Å². The predicted octanol–water partition coefficient (Wildman–Crippen LogP) is 1.05. The van der Waals surface area contributed by atoms with E-state index in [9.17, 15) is 4.79 Å².